The Kier molecular flexibility index (Phi) is 9.73. The number of carbonyl (C=O) groups is 2. The zero-order chi connectivity index (χ0) is 35.6. The molecule has 11 heteroatoms. The van der Waals surface area contributed by atoms with Crippen molar-refractivity contribution >= 4 is 33.6 Å². The summed E-state index contributed by atoms with van der Waals surface area (Å²) < 4.78 is 35.3. The number of fused-ring (bicyclic) bond motifs is 2. The minimum atomic E-state index is -0.598. The van der Waals surface area contributed by atoms with Crippen LogP contribution in [-0.2, 0) is 13.6 Å². The summed E-state index contributed by atoms with van der Waals surface area (Å²) in [6.45, 7) is 0.137. The number of aliphatic hydroxyl groups is 1. The maximum absolute atomic E-state index is 15.0. The molecule has 2 saturated carbocycles. The Labute approximate surface area is 294 Å². The van der Waals surface area contributed by atoms with Crippen LogP contribution in [0.25, 0.3) is 32.9 Å². The fraction of sp³-hybridized carbons (Fsp3) is 0.325. The summed E-state index contributed by atoms with van der Waals surface area (Å²) in [6.07, 6.45) is 14.8. The van der Waals surface area contributed by atoms with Crippen LogP contribution in [0.3, 0.4) is 0 Å². The highest BCUT2D eigenvalue weighted by Crippen LogP contribution is 2.33. The maximum atomic E-state index is 15.0. The Balaban J connectivity index is 0.000000190. The van der Waals surface area contributed by atoms with Gasteiger partial charge in [-0.1, -0.05) is 55.7 Å². The van der Waals surface area contributed by atoms with Gasteiger partial charge in [0, 0.05) is 59.1 Å². The van der Waals surface area contributed by atoms with Crippen LogP contribution in [0.1, 0.15) is 83.7 Å². The molecule has 0 saturated heterocycles. The molecule has 51 heavy (non-hydrogen) atoms. The number of aromatic nitrogens is 4. The molecule has 4 N–H and O–H groups in total. The van der Waals surface area contributed by atoms with Gasteiger partial charge in [-0.05, 0) is 61.9 Å². The van der Waals surface area contributed by atoms with Crippen molar-refractivity contribution in [3.8, 4) is 11.1 Å². The van der Waals surface area contributed by atoms with Gasteiger partial charge in [-0.2, -0.15) is 5.10 Å². The molecule has 9 nitrogen and oxygen atoms in total. The van der Waals surface area contributed by atoms with Gasteiger partial charge in [0.2, 0.25) is 0 Å². The molecule has 0 bridgehead atoms. The van der Waals surface area contributed by atoms with Crippen molar-refractivity contribution in [3.63, 3.8) is 0 Å². The van der Waals surface area contributed by atoms with E-state index < -0.39 is 23.6 Å². The van der Waals surface area contributed by atoms with E-state index in [2.05, 4.69) is 21.0 Å². The number of aryl methyl sites for hydroxylation is 1. The van der Waals surface area contributed by atoms with Gasteiger partial charge in [-0.25, -0.2) is 8.78 Å². The first-order chi connectivity index (χ1) is 24.7. The van der Waals surface area contributed by atoms with Crippen molar-refractivity contribution in [3.05, 3.63) is 114 Å². The van der Waals surface area contributed by atoms with Crippen LogP contribution in [0.15, 0.2) is 85.5 Å². The van der Waals surface area contributed by atoms with Gasteiger partial charge >= 0.3 is 0 Å². The molecule has 2 aliphatic carbocycles. The molecule has 3 heterocycles. The Morgan fingerprint density at radius 1 is 0.863 bits per heavy atom. The fourth-order valence-electron chi connectivity index (χ4n) is 7.64. The van der Waals surface area contributed by atoms with E-state index in [1.165, 1.54) is 44.2 Å². The molecule has 3 aromatic carbocycles. The summed E-state index contributed by atoms with van der Waals surface area (Å²) >= 11 is 0. The van der Waals surface area contributed by atoms with Gasteiger partial charge in [0.15, 0.2) is 0 Å². The zero-order valence-electron chi connectivity index (χ0n) is 28.6. The molecular formula is C40H42F2N6O3. The second-order valence-corrected chi connectivity index (χ2v) is 13.7. The SMILES string of the molecule is Cn1cc(-c2ccc(Cn3cc(C(=O)N[C@H]4CCC[C@H]4O)c4c(F)cccc43)c(F)c2)cn1.NC(=O)c1cn(C2CCCCC2)c2ccccc12. The molecule has 6 aromatic rings. The molecule has 2 atom stereocenters. The number of nitrogens with one attached hydrogen (secondary N) is 1. The molecule has 0 unspecified atom stereocenters. The maximum Gasteiger partial charge on any atom is 0.253 e. The second kappa shape index (κ2) is 14.5. The number of halogens is 2. The minimum absolute atomic E-state index is 0.137. The summed E-state index contributed by atoms with van der Waals surface area (Å²) in [6, 6.07) is 17.8. The number of nitrogens with zero attached hydrogens (tertiary/aromatic N) is 4. The van der Waals surface area contributed by atoms with Crippen LogP contribution >= 0.6 is 0 Å². The van der Waals surface area contributed by atoms with E-state index >= 15 is 0 Å². The molecule has 2 fully saturated rings. The minimum Gasteiger partial charge on any atom is -0.391 e. The van der Waals surface area contributed by atoms with Crippen LogP contribution < -0.4 is 11.1 Å². The Hall–Kier alpha value is -5.29. The van der Waals surface area contributed by atoms with Crippen molar-refractivity contribution in [1.82, 2.24) is 24.2 Å². The average molecular weight is 693 g/mol. The van der Waals surface area contributed by atoms with Gasteiger partial charge < -0.3 is 25.3 Å². The number of hydrogen-bond acceptors (Lipinski definition) is 4. The Morgan fingerprint density at radius 3 is 2.35 bits per heavy atom. The number of rotatable bonds is 7. The Bertz CT molecular complexity index is 2210. The van der Waals surface area contributed by atoms with Crippen molar-refractivity contribution < 1.29 is 23.5 Å². The fourth-order valence-corrected chi connectivity index (χ4v) is 7.64. The summed E-state index contributed by atoms with van der Waals surface area (Å²) in [7, 11) is 1.80. The number of amides is 2. The van der Waals surface area contributed by atoms with Crippen LogP contribution in [0.2, 0.25) is 0 Å². The van der Waals surface area contributed by atoms with Crippen LogP contribution in [0, 0.1) is 11.6 Å². The lowest BCUT2D eigenvalue weighted by molar-refractivity contribution is 0.0874. The van der Waals surface area contributed by atoms with Gasteiger partial charge in [0.25, 0.3) is 11.8 Å². The summed E-state index contributed by atoms with van der Waals surface area (Å²) in [5.41, 5.74) is 9.87. The highest BCUT2D eigenvalue weighted by molar-refractivity contribution is 6.07. The first-order valence-electron chi connectivity index (χ1n) is 17.6. The van der Waals surface area contributed by atoms with Gasteiger partial charge in [-0.3, -0.25) is 14.3 Å². The van der Waals surface area contributed by atoms with Gasteiger partial charge in [-0.15, -0.1) is 0 Å². The van der Waals surface area contributed by atoms with E-state index in [9.17, 15) is 23.5 Å². The monoisotopic (exact) mass is 692 g/mol. The highest BCUT2D eigenvalue weighted by Gasteiger charge is 2.29. The normalized spacial score (nSPS) is 17.8. The highest BCUT2D eigenvalue weighted by atomic mass is 19.1. The first kappa shape index (κ1) is 34.2. The molecule has 0 aliphatic heterocycles. The summed E-state index contributed by atoms with van der Waals surface area (Å²) in [4.78, 5) is 24.5. The van der Waals surface area contributed by atoms with E-state index in [1.807, 2.05) is 36.7 Å². The van der Waals surface area contributed by atoms with E-state index in [-0.39, 0.29) is 29.4 Å². The lowest BCUT2D eigenvalue weighted by Crippen LogP contribution is -2.39. The molecular weight excluding hydrogens is 650 g/mol. The molecule has 2 amide bonds. The number of hydrogen-bond donors (Lipinski definition) is 3. The predicted molar refractivity (Wildman–Crippen MR) is 193 cm³/mol. The third-order valence-electron chi connectivity index (χ3n) is 10.3. The standard InChI is InChI=1S/C25H24F2N4O2.C15H18N2O/c1-30-12-17(11-28-30)15-8-9-16(20(27)10-15)13-31-14-18(24-19(26)4-2-6-22(24)31)25(33)29-21-5-3-7-23(21)32;16-15(18)13-10-17(11-6-2-1-3-7-11)14-9-5-4-8-12(13)14/h2,4,6,8-12,14,21,23,32H,3,5,7,13H2,1H3,(H,29,33);4-5,8-11H,1-3,6-7H2,(H2,16,18)/t21-,23+;/m0./s1. The lowest BCUT2D eigenvalue weighted by Gasteiger charge is -2.24. The molecule has 0 radical (unpaired) electrons. The molecule has 264 valence electrons. The molecule has 8 rings (SSSR count). The number of primary amides is 1. The average Bonchev–Trinajstić information content (AvgIpc) is 3.93. The van der Waals surface area contributed by atoms with E-state index in [4.69, 9.17) is 5.73 Å². The van der Waals surface area contributed by atoms with E-state index in [0.29, 0.717) is 41.1 Å². The molecule has 2 aliphatic rings. The number of aliphatic hydroxyl groups excluding tert-OH is 1. The third kappa shape index (κ3) is 7.03. The van der Waals surface area contributed by atoms with Crippen molar-refractivity contribution in [2.75, 3.05) is 0 Å². The number of para-hydroxylation sites is 1. The number of nitrogens with two attached hydrogens (primary N) is 1. The summed E-state index contributed by atoms with van der Waals surface area (Å²) in [5, 5.41) is 18.2. The lowest BCUT2D eigenvalue weighted by atomic mass is 9.95. The van der Waals surface area contributed by atoms with Crippen molar-refractivity contribution in [2.45, 2.75) is 76.1 Å². The number of benzene rings is 3. The Morgan fingerprint density at radius 2 is 1.65 bits per heavy atom. The van der Waals surface area contributed by atoms with E-state index in [0.717, 1.165) is 22.9 Å². The van der Waals surface area contributed by atoms with Gasteiger partial charge in [0.05, 0.1) is 41.5 Å². The van der Waals surface area contributed by atoms with Crippen LogP contribution in [-0.4, -0.2) is 48.0 Å². The van der Waals surface area contributed by atoms with Crippen LogP contribution in [0.4, 0.5) is 8.78 Å². The zero-order valence-corrected chi connectivity index (χ0v) is 28.6. The topological polar surface area (TPSA) is 120 Å². The largest absolute Gasteiger partial charge is 0.391 e. The first-order valence-corrected chi connectivity index (χ1v) is 17.6. The predicted octanol–water partition coefficient (Wildman–Crippen LogP) is 7.26. The molecule has 0 spiro atoms. The van der Waals surface area contributed by atoms with Crippen molar-refractivity contribution in [2.24, 2.45) is 12.8 Å². The molecule has 3 aromatic heterocycles. The summed E-state index contributed by atoms with van der Waals surface area (Å²) in [5.74, 6) is -1.69. The number of carbonyl (C=O) groups excluding carboxylic acids is 2. The smallest absolute Gasteiger partial charge is 0.253 e. The second-order valence-electron chi connectivity index (χ2n) is 13.7. The quantitative estimate of drug-likeness (QED) is 0.163. The van der Waals surface area contributed by atoms with Crippen LogP contribution in [0.5, 0.6) is 0 Å². The third-order valence-corrected chi connectivity index (χ3v) is 10.3. The van der Waals surface area contributed by atoms with Crippen molar-refractivity contribution in [1.29, 1.82) is 0 Å². The van der Waals surface area contributed by atoms with E-state index in [1.54, 1.807) is 46.9 Å². The van der Waals surface area contributed by atoms with Gasteiger partial charge in [0.1, 0.15) is 11.6 Å².